The molecule has 2 fully saturated rings. The molecule has 4 rings (SSSR count). The van der Waals surface area contributed by atoms with E-state index in [1.165, 1.54) is 4.31 Å². The highest BCUT2D eigenvalue weighted by Crippen LogP contribution is 2.36. The quantitative estimate of drug-likeness (QED) is 0.727. The van der Waals surface area contributed by atoms with Gasteiger partial charge in [0, 0.05) is 36.8 Å². The molecule has 2 heterocycles. The van der Waals surface area contributed by atoms with Crippen LogP contribution in [0.2, 0.25) is 0 Å². The maximum absolute atomic E-state index is 13.9. The van der Waals surface area contributed by atoms with Crippen molar-refractivity contribution in [3.63, 3.8) is 0 Å². The summed E-state index contributed by atoms with van der Waals surface area (Å²) in [6.45, 7) is 3.59. The highest BCUT2D eigenvalue weighted by Gasteiger charge is 2.45. The summed E-state index contributed by atoms with van der Waals surface area (Å²) in [7, 11) is -4.08. The summed E-state index contributed by atoms with van der Waals surface area (Å²) in [6, 6.07) is 6.48. The number of rotatable bonds is 4. The van der Waals surface area contributed by atoms with E-state index in [1.807, 2.05) is 11.8 Å². The molecule has 1 aromatic carbocycles. The summed E-state index contributed by atoms with van der Waals surface area (Å²) in [5, 5.41) is 0. The molecule has 2 saturated heterocycles. The van der Waals surface area contributed by atoms with Gasteiger partial charge in [0.25, 0.3) is 0 Å². The van der Waals surface area contributed by atoms with Gasteiger partial charge in [0.05, 0.1) is 0 Å². The standard InChI is InChI=1S/C23H30N2O4S/c1-2-17-11-7-10-16-25(17)30(28,29)23-20(24-14-8-3-4-9-15-24)21(26)18-12-5-6-13-19(18)22(23)27/h5-6,12-13,17H,2-4,7-11,14-16H2,1H3. The molecule has 0 saturated carbocycles. The van der Waals surface area contributed by atoms with Crippen LogP contribution < -0.4 is 0 Å². The van der Waals surface area contributed by atoms with Crippen LogP contribution in [0.5, 0.6) is 0 Å². The van der Waals surface area contributed by atoms with Gasteiger partial charge in [-0.2, -0.15) is 4.31 Å². The van der Waals surface area contributed by atoms with Gasteiger partial charge in [-0.05, 0) is 32.1 Å². The molecule has 1 aromatic rings. The minimum absolute atomic E-state index is 0.0982. The van der Waals surface area contributed by atoms with Crippen molar-refractivity contribution in [3.8, 4) is 0 Å². The third kappa shape index (κ3) is 3.62. The Labute approximate surface area is 179 Å². The fourth-order valence-electron chi connectivity index (χ4n) is 4.98. The van der Waals surface area contributed by atoms with Crippen molar-refractivity contribution in [2.24, 2.45) is 0 Å². The number of carbonyl (C=O) groups excluding carboxylic acids is 2. The van der Waals surface area contributed by atoms with Gasteiger partial charge in [0.15, 0.2) is 4.91 Å². The van der Waals surface area contributed by atoms with Gasteiger partial charge in [-0.15, -0.1) is 0 Å². The largest absolute Gasteiger partial charge is 0.367 e. The first kappa shape index (κ1) is 21.2. The predicted octanol–water partition coefficient (Wildman–Crippen LogP) is 3.75. The van der Waals surface area contributed by atoms with Crippen LogP contribution in [0.25, 0.3) is 0 Å². The lowest BCUT2D eigenvalue weighted by Gasteiger charge is -2.37. The number of carbonyl (C=O) groups is 2. The molecule has 0 radical (unpaired) electrons. The number of allylic oxidation sites excluding steroid dienone is 2. The molecule has 6 nitrogen and oxygen atoms in total. The van der Waals surface area contributed by atoms with E-state index in [-0.39, 0.29) is 28.0 Å². The molecule has 0 bridgehead atoms. The first-order chi connectivity index (χ1) is 14.5. The Bertz CT molecular complexity index is 975. The number of ketones is 2. The second-order valence-electron chi connectivity index (χ2n) is 8.46. The maximum Gasteiger partial charge on any atom is 0.249 e. The second-order valence-corrected chi connectivity index (χ2v) is 10.3. The van der Waals surface area contributed by atoms with E-state index in [4.69, 9.17) is 0 Å². The van der Waals surface area contributed by atoms with Crippen molar-refractivity contribution in [2.45, 2.75) is 64.3 Å². The number of likely N-dealkylation sites (tertiary alicyclic amines) is 1. The van der Waals surface area contributed by atoms with Crippen molar-refractivity contribution in [1.29, 1.82) is 0 Å². The molecule has 162 valence electrons. The SMILES string of the molecule is CCC1CCCCN1S(=O)(=O)C1=C(N2CCCCCC2)C(=O)c2ccccc2C1=O. The molecular weight excluding hydrogens is 400 g/mol. The Morgan fingerprint density at radius 3 is 2.10 bits per heavy atom. The van der Waals surface area contributed by atoms with Crippen molar-refractivity contribution >= 4 is 21.6 Å². The van der Waals surface area contributed by atoms with E-state index >= 15 is 0 Å². The molecule has 1 unspecified atom stereocenters. The third-order valence-electron chi connectivity index (χ3n) is 6.59. The fraction of sp³-hybridized carbons (Fsp3) is 0.565. The van der Waals surface area contributed by atoms with E-state index in [0.717, 1.165) is 44.9 Å². The van der Waals surface area contributed by atoms with E-state index in [0.29, 0.717) is 31.6 Å². The maximum atomic E-state index is 13.9. The van der Waals surface area contributed by atoms with Crippen LogP contribution in [-0.2, 0) is 10.0 Å². The van der Waals surface area contributed by atoms with Crippen LogP contribution in [0, 0.1) is 0 Å². The zero-order valence-corrected chi connectivity index (χ0v) is 18.4. The van der Waals surface area contributed by atoms with Crippen molar-refractivity contribution < 1.29 is 18.0 Å². The molecule has 0 N–H and O–H groups in total. The average molecular weight is 431 g/mol. The summed E-state index contributed by atoms with van der Waals surface area (Å²) >= 11 is 0. The molecule has 30 heavy (non-hydrogen) atoms. The van der Waals surface area contributed by atoms with Crippen LogP contribution in [0.3, 0.4) is 0 Å². The Morgan fingerprint density at radius 1 is 0.867 bits per heavy atom. The Balaban J connectivity index is 1.89. The zero-order chi connectivity index (χ0) is 21.3. The lowest BCUT2D eigenvalue weighted by atomic mass is 9.91. The van der Waals surface area contributed by atoms with Crippen LogP contribution in [0.1, 0.15) is 79.0 Å². The number of piperidine rings is 1. The van der Waals surface area contributed by atoms with Crippen molar-refractivity contribution in [3.05, 3.63) is 46.0 Å². The Kier molecular flexibility index (Phi) is 6.11. The lowest BCUT2D eigenvalue weighted by molar-refractivity contribution is 0.0946. The van der Waals surface area contributed by atoms with E-state index in [9.17, 15) is 18.0 Å². The Hall–Kier alpha value is -1.99. The summed E-state index contributed by atoms with van der Waals surface area (Å²) in [6.07, 6.45) is 7.13. The number of benzene rings is 1. The number of hydrogen-bond donors (Lipinski definition) is 0. The normalized spacial score (nSPS) is 24.0. The smallest absolute Gasteiger partial charge is 0.249 e. The number of hydrogen-bond acceptors (Lipinski definition) is 5. The summed E-state index contributed by atoms with van der Waals surface area (Å²) in [4.78, 5) is 28.6. The fourth-order valence-corrected chi connectivity index (χ4v) is 7.04. The van der Waals surface area contributed by atoms with Gasteiger partial charge < -0.3 is 4.90 Å². The predicted molar refractivity (Wildman–Crippen MR) is 116 cm³/mol. The first-order valence-electron chi connectivity index (χ1n) is 11.2. The minimum Gasteiger partial charge on any atom is -0.367 e. The highest BCUT2D eigenvalue weighted by molar-refractivity contribution is 7.94. The monoisotopic (exact) mass is 430 g/mol. The third-order valence-corrected chi connectivity index (χ3v) is 8.58. The number of sulfonamides is 1. The topological polar surface area (TPSA) is 74.8 Å². The number of Topliss-reactive ketones (excluding diaryl/α,β-unsaturated/α-hetero) is 2. The van der Waals surface area contributed by atoms with Gasteiger partial charge in [0.1, 0.15) is 5.70 Å². The Morgan fingerprint density at radius 2 is 1.47 bits per heavy atom. The molecule has 0 spiro atoms. The molecule has 0 aromatic heterocycles. The van der Waals surface area contributed by atoms with E-state index in [1.54, 1.807) is 24.3 Å². The van der Waals surface area contributed by atoms with Gasteiger partial charge in [0.2, 0.25) is 21.6 Å². The van der Waals surface area contributed by atoms with Crippen molar-refractivity contribution in [1.82, 2.24) is 9.21 Å². The molecule has 7 heteroatoms. The van der Waals surface area contributed by atoms with Gasteiger partial charge in [-0.1, -0.05) is 50.5 Å². The number of nitrogens with zero attached hydrogens (tertiary/aromatic N) is 2. The molecule has 2 aliphatic heterocycles. The van der Waals surface area contributed by atoms with Crippen LogP contribution in [0.15, 0.2) is 34.9 Å². The van der Waals surface area contributed by atoms with Gasteiger partial charge >= 0.3 is 0 Å². The second kappa shape index (κ2) is 8.63. The molecule has 1 atom stereocenters. The summed E-state index contributed by atoms with van der Waals surface area (Å²) in [5.74, 6) is -0.874. The summed E-state index contributed by atoms with van der Waals surface area (Å²) < 4.78 is 29.3. The van der Waals surface area contributed by atoms with Crippen LogP contribution in [0.4, 0.5) is 0 Å². The van der Waals surface area contributed by atoms with Gasteiger partial charge in [-0.25, -0.2) is 8.42 Å². The van der Waals surface area contributed by atoms with E-state index < -0.39 is 15.8 Å². The van der Waals surface area contributed by atoms with Crippen molar-refractivity contribution in [2.75, 3.05) is 19.6 Å². The molecular formula is C23H30N2O4S. The minimum atomic E-state index is -4.08. The average Bonchev–Trinajstić information content (AvgIpc) is 3.05. The van der Waals surface area contributed by atoms with E-state index in [2.05, 4.69) is 0 Å². The zero-order valence-electron chi connectivity index (χ0n) is 17.6. The molecule has 1 aliphatic carbocycles. The summed E-state index contributed by atoms with van der Waals surface area (Å²) in [5.41, 5.74) is 0.608. The van der Waals surface area contributed by atoms with Crippen LogP contribution >= 0.6 is 0 Å². The molecule has 3 aliphatic rings. The number of fused-ring (bicyclic) bond motifs is 1. The highest BCUT2D eigenvalue weighted by atomic mass is 32.2. The first-order valence-corrected chi connectivity index (χ1v) is 12.6. The van der Waals surface area contributed by atoms with Gasteiger partial charge in [-0.3, -0.25) is 9.59 Å². The molecule has 0 amide bonds. The lowest BCUT2D eigenvalue weighted by Crippen LogP contribution is -2.47. The van der Waals surface area contributed by atoms with Crippen LogP contribution in [-0.4, -0.2) is 54.9 Å².